The minimum atomic E-state index is -0.463. The number of nitrogens with two attached hydrogens (primary N) is 1. The van der Waals surface area contributed by atoms with Crippen LogP contribution in [0.4, 0.5) is 0 Å². The number of rotatable bonds is 3. The first-order valence-corrected chi connectivity index (χ1v) is 6.23. The van der Waals surface area contributed by atoms with Crippen LogP contribution in [0.15, 0.2) is 0 Å². The molecule has 1 saturated heterocycles. The van der Waals surface area contributed by atoms with Crippen LogP contribution in [0.2, 0.25) is 0 Å². The summed E-state index contributed by atoms with van der Waals surface area (Å²) in [5, 5.41) is 2.62. The van der Waals surface area contributed by atoms with Crippen molar-refractivity contribution >= 4 is 24.2 Å². The Kier molecular flexibility index (Phi) is 7.25. The Morgan fingerprint density at radius 3 is 2.61 bits per heavy atom. The van der Waals surface area contributed by atoms with Crippen molar-refractivity contribution in [2.24, 2.45) is 11.7 Å². The molecule has 3 atom stereocenters. The zero-order valence-electron chi connectivity index (χ0n) is 11.3. The average molecular weight is 278 g/mol. The number of piperidine rings is 1. The minimum absolute atomic E-state index is 0. The number of amides is 2. The Bertz CT molecular complexity index is 299. The molecule has 1 rings (SSSR count). The van der Waals surface area contributed by atoms with Gasteiger partial charge in [0.15, 0.2) is 0 Å². The fourth-order valence-corrected chi connectivity index (χ4v) is 2.38. The van der Waals surface area contributed by atoms with E-state index in [9.17, 15) is 9.59 Å². The molecule has 0 aliphatic carbocycles. The third-order valence-electron chi connectivity index (χ3n) is 3.32. The monoisotopic (exact) mass is 277 g/mol. The van der Waals surface area contributed by atoms with E-state index in [1.54, 1.807) is 6.92 Å². The molecule has 2 amide bonds. The van der Waals surface area contributed by atoms with Crippen LogP contribution >= 0.6 is 12.4 Å². The molecule has 3 unspecified atom stereocenters. The third kappa shape index (κ3) is 4.46. The highest BCUT2D eigenvalue weighted by atomic mass is 35.5. The van der Waals surface area contributed by atoms with Gasteiger partial charge < -0.3 is 16.0 Å². The topological polar surface area (TPSA) is 75.4 Å². The molecule has 1 aliphatic rings. The van der Waals surface area contributed by atoms with E-state index in [1.165, 1.54) is 6.92 Å². The van der Waals surface area contributed by atoms with Gasteiger partial charge in [0.2, 0.25) is 11.8 Å². The number of nitrogens with one attached hydrogen (secondary N) is 1. The highest BCUT2D eigenvalue weighted by Gasteiger charge is 2.31. The van der Waals surface area contributed by atoms with Crippen molar-refractivity contribution in [1.29, 1.82) is 0 Å². The lowest BCUT2D eigenvalue weighted by molar-refractivity contribution is -0.139. The summed E-state index contributed by atoms with van der Waals surface area (Å²) < 4.78 is 0. The molecule has 106 valence electrons. The highest BCUT2D eigenvalue weighted by molar-refractivity contribution is 5.86. The molecule has 1 heterocycles. The van der Waals surface area contributed by atoms with Crippen LogP contribution in [0.25, 0.3) is 0 Å². The van der Waals surface area contributed by atoms with Crippen molar-refractivity contribution in [2.75, 3.05) is 13.1 Å². The van der Waals surface area contributed by atoms with E-state index in [2.05, 4.69) is 12.2 Å². The summed E-state index contributed by atoms with van der Waals surface area (Å²) in [6.07, 6.45) is 1.96. The number of hydrogen-bond donors (Lipinski definition) is 2. The predicted molar refractivity (Wildman–Crippen MR) is 73.5 cm³/mol. The highest BCUT2D eigenvalue weighted by Crippen LogP contribution is 2.22. The number of halogens is 1. The van der Waals surface area contributed by atoms with Crippen LogP contribution in [0.1, 0.15) is 33.6 Å². The van der Waals surface area contributed by atoms with E-state index in [0.29, 0.717) is 12.5 Å². The molecule has 0 aromatic carbocycles. The van der Waals surface area contributed by atoms with Crippen molar-refractivity contribution < 1.29 is 9.59 Å². The molecule has 5 nitrogen and oxygen atoms in total. The Balaban J connectivity index is 0.00000289. The molecule has 3 N–H and O–H groups in total. The van der Waals surface area contributed by atoms with Crippen LogP contribution in [0.5, 0.6) is 0 Å². The minimum Gasteiger partial charge on any atom is -0.345 e. The van der Waals surface area contributed by atoms with Gasteiger partial charge in [-0.1, -0.05) is 6.92 Å². The Labute approximate surface area is 115 Å². The number of hydrogen-bond acceptors (Lipinski definition) is 3. The molecule has 6 heteroatoms. The largest absolute Gasteiger partial charge is 0.345 e. The van der Waals surface area contributed by atoms with Crippen LogP contribution < -0.4 is 11.1 Å². The standard InChI is InChI=1S/C12H23N3O2.ClH/c1-8-4-5-15(11(6-8)7-13)12(17)9(2)14-10(3)16;/h8-9,11H,4-7,13H2,1-3H3,(H,14,16);1H. The van der Waals surface area contributed by atoms with Gasteiger partial charge in [-0.3, -0.25) is 9.59 Å². The smallest absolute Gasteiger partial charge is 0.245 e. The van der Waals surface area contributed by atoms with Gasteiger partial charge >= 0.3 is 0 Å². The maximum absolute atomic E-state index is 12.2. The van der Waals surface area contributed by atoms with Gasteiger partial charge in [-0.05, 0) is 25.7 Å². The van der Waals surface area contributed by atoms with Gasteiger partial charge in [-0.25, -0.2) is 0 Å². The molecular weight excluding hydrogens is 254 g/mol. The summed E-state index contributed by atoms with van der Waals surface area (Å²) in [6.45, 7) is 6.55. The van der Waals surface area contributed by atoms with E-state index in [4.69, 9.17) is 5.73 Å². The predicted octanol–water partition coefficient (Wildman–Crippen LogP) is 0.519. The molecule has 1 aliphatic heterocycles. The first-order valence-electron chi connectivity index (χ1n) is 6.23. The number of carbonyl (C=O) groups is 2. The van der Waals surface area contributed by atoms with Crippen LogP contribution in [0, 0.1) is 5.92 Å². The molecule has 18 heavy (non-hydrogen) atoms. The molecule has 0 aromatic rings. The summed E-state index contributed by atoms with van der Waals surface area (Å²) >= 11 is 0. The Morgan fingerprint density at radius 1 is 1.50 bits per heavy atom. The molecule has 0 saturated carbocycles. The second-order valence-corrected chi connectivity index (χ2v) is 4.97. The lowest BCUT2D eigenvalue weighted by atomic mass is 9.92. The normalized spacial score (nSPS) is 25.0. The summed E-state index contributed by atoms with van der Waals surface area (Å²) in [6, 6.07) is -0.350. The second kappa shape index (κ2) is 7.59. The molecule has 0 spiro atoms. The Hall–Kier alpha value is -0.810. The fraction of sp³-hybridized carbons (Fsp3) is 0.833. The van der Waals surface area contributed by atoms with Crippen molar-refractivity contribution in [3.8, 4) is 0 Å². The number of likely N-dealkylation sites (tertiary alicyclic amines) is 1. The molecule has 0 aromatic heterocycles. The second-order valence-electron chi connectivity index (χ2n) is 4.97. The zero-order chi connectivity index (χ0) is 13.0. The summed E-state index contributed by atoms with van der Waals surface area (Å²) in [7, 11) is 0. The van der Waals surface area contributed by atoms with Gasteiger partial charge in [0.1, 0.15) is 6.04 Å². The lowest BCUT2D eigenvalue weighted by Crippen LogP contribution is -2.55. The van der Waals surface area contributed by atoms with E-state index in [1.807, 2.05) is 4.90 Å². The van der Waals surface area contributed by atoms with Gasteiger partial charge in [0.05, 0.1) is 0 Å². The van der Waals surface area contributed by atoms with Gasteiger partial charge in [0.25, 0.3) is 0 Å². The van der Waals surface area contributed by atoms with E-state index in [-0.39, 0.29) is 30.3 Å². The van der Waals surface area contributed by atoms with Crippen LogP contribution in [-0.4, -0.2) is 41.9 Å². The molecule has 0 radical (unpaired) electrons. The fourth-order valence-electron chi connectivity index (χ4n) is 2.38. The number of nitrogens with zero attached hydrogens (tertiary/aromatic N) is 1. The maximum atomic E-state index is 12.2. The van der Waals surface area contributed by atoms with E-state index in [0.717, 1.165) is 19.4 Å². The summed E-state index contributed by atoms with van der Waals surface area (Å²) in [4.78, 5) is 24.9. The summed E-state index contributed by atoms with van der Waals surface area (Å²) in [5.41, 5.74) is 5.71. The quantitative estimate of drug-likeness (QED) is 0.790. The molecule has 1 fully saturated rings. The average Bonchev–Trinajstić information content (AvgIpc) is 2.27. The van der Waals surface area contributed by atoms with Gasteiger partial charge in [-0.2, -0.15) is 0 Å². The summed E-state index contributed by atoms with van der Waals surface area (Å²) in [5.74, 6) is 0.409. The van der Waals surface area contributed by atoms with E-state index >= 15 is 0 Å². The van der Waals surface area contributed by atoms with Crippen molar-refractivity contribution in [2.45, 2.75) is 45.7 Å². The van der Waals surface area contributed by atoms with Crippen molar-refractivity contribution in [3.63, 3.8) is 0 Å². The van der Waals surface area contributed by atoms with Crippen LogP contribution in [0.3, 0.4) is 0 Å². The lowest BCUT2D eigenvalue weighted by Gasteiger charge is -2.39. The third-order valence-corrected chi connectivity index (χ3v) is 3.32. The van der Waals surface area contributed by atoms with Crippen molar-refractivity contribution in [1.82, 2.24) is 10.2 Å². The van der Waals surface area contributed by atoms with E-state index < -0.39 is 6.04 Å². The Morgan fingerprint density at radius 2 is 2.11 bits per heavy atom. The van der Waals surface area contributed by atoms with Crippen LogP contribution in [-0.2, 0) is 9.59 Å². The molecule has 0 bridgehead atoms. The first kappa shape index (κ1) is 17.2. The SMILES string of the molecule is CC(=O)NC(C)C(=O)N1CCC(C)CC1CN.Cl. The maximum Gasteiger partial charge on any atom is 0.245 e. The number of carbonyl (C=O) groups excluding carboxylic acids is 2. The van der Waals surface area contributed by atoms with Gasteiger partial charge in [-0.15, -0.1) is 12.4 Å². The van der Waals surface area contributed by atoms with Crippen molar-refractivity contribution in [3.05, 3.63) is 0 Å². The zero-order valence-corrected chi connectivity index (χ0v) is 12.1. The first-order chi connectivity index (χ1) is 7.95. The molecular formula is C12H24ClN3O2. The van der Waals surface area contributed by atoms with Gasteiger partial charge in [0, 0.05) is 26.1 Å².